The predicted molar refractivity (Wildman–Crippen MR) is 58.5 cm³/mol. The Balaban J connectivity index is 2.02. The molecule has 2 unspecified atom stereocenters. The lowest BCUT2D eigenvalue weighted by molar-refractivity contribution is 0.373. The van der Waals surface area contributed by atoms with Gasteiger partial charge >= 0.3 is 0 Å². The first-order chi connectivity index (χ1) is 6.78. The second kappa shape index (κ2) is 2.98. The Morgan fingerprint density at radius 2 is 2.36 bits per heavy atom. The third-order valence-electron chi connectivity index (χ3n) is 3.72. The number of fused-ring (bicyclic) bond motifs is 2. The van der Waals surface area contributed by atoms with Gasteiger partial charge < -0.3 is 5.32 Å². The first kappa shape index (κ1) is 8.75. The maximum absolute atomic E-state index is 6.03. The maximum Gasteiger partial charge on any atom is 0.0438 e. The van der Waals surface area contributed by atoms with Gasteiger partial charge in [0.25, 0.3) is 0 Å². The lowest BCUT2D eigenvalue weighted by Gasteiger charge is -2.28. The van der Waals surface area contributed by atoms with E-state index in [0.717, 1.165) is 10.9 Å². The van der Waals surface area contributed by atoms with E-state index in [4.69, 9.17) is 11.6 Å². The molecular weight excluding hydrogens is 194 g/mol. The summed E-state index contributed by atoms with van der Waals surface area (Å²) in [6.07, 6.45) is 3.95. The van der Waals surface area contributed by atoms with Crippen LogP contribution in [0.5, 0.6) is 0 Å². The number of rotatable bonds is 1. The van der Waals surface area contributed by atoms with Crippen LogP contribution in [-0.2, 0) is 5.54 Å². The van der Waals surface area contributed by atoms with Crippen LogP contribution >= 0.6 is 11.6 Å². The van der Waals surface area contributed by atoms with Crippen LogP contribution in [0.4, 0.5) is 0 Å². The van der Waals surface area contributed by atoms with Gasteiger partial charge in [0.2, 0.25) is 0 Å². The summed E-state index contributed by atoms with van der Waals surface area (Å²) in [6.45, 7) is 1.19. The molecule has 2 fully saturated rings. The van der Waals surface area contributed by atoms with Gasteiger partial charge in [-0.15, -0.1) is 0 Å². The molecule has 3 rings (SSSR count). The van der Waals surface area contributed by atoms with E-state index in [9.17, 15) is 0 Å². The minimum atomic E-state index is 0.259. The van der Waals surface area contributed by atoms with E-state index in [1.54, 1.807) is 0 Å². The lowest BCUT2D eigenvalue weighted by Crippen LogP contribution is -2.37. The Morgan fingerprint density at radius 1 is 1.43 bits per heavy atom. The summed E-state index contributed by atoms with van der Waals surface area (Å²) in [5, 5.41) is 4.51. The molecule has 0 aromatic heterocycles. The normalized spacial score (nSPS) is 35.1. The van der Waals surface area contributed by atoms with Gasteiger partial charge in [-0.05, 0) is 49.4 Å². The fraction of sp³-hybridized carbons (Fsp3) is 0.500. The fourth-order valence-corrected chi connectivity index (χ4v) is 3.16. The van der Waals surface area contributed by atoms with E-state index < -0.39 is 0 Å². The van der Waals surface area contributed by atoms with Gasteiger partial charge in [-0.2, -0.15) is 0 Å². The molecule has 1 aromatic carbocycles. The summed E-state index contributed by atoms with van der Waals surface area (Å²) in [4.78, 5) is 0. The van der Waals surface area contributed by atoms with Crippen LogP contribution in [0.1, 0.15) is 24.8 Å². The second-order valence-electron chi connectivity index (χ2n) is 4.58. The van der Waals surface area contributed by atoms with E-state index in [0.29, 0.717) is 0 Å². The molecule has 1 saturated heterocycles. The van der Waals surface area contributed by atoms with E-state index in [1.807, 2.05) is 6.07 Å². The van der Waals surface area contributed by atoms with Crippen molar-refractivity contribution in [2.24, 2.45) is 5.92 Å². The van der Waals surface area contributed by atoms with E-state index in [-0.39, 0.29) is 5.54 Å². The molecule has 2 atom stereocenters. The molecule has 14 heavy (non-hydrogen) atoms. The van der Waals surface area contributed by atoms with E-state index >= 15 is 0 Å². The molecule has 1 aliphatic heterocycles. The van der Waals surface area contributed by atoms with Crippen LogP contribution in [0, 0.1) is 5.92 Å². The number of hydrogen-bond acceptors (Lipinski definition) is 1. The first-order valence-electron chi connectivity index (χ1n) is 5.30. The highest BCUT2D eigenvalue weighted by atomic mass is 35.5. The molecule has 1 N–H and O–H groups in total. The van der Waals surface area contributed by atoms with Crippen LogP contribution in [0.3, 0.4) is 0 Å². The largest absolute Gasteiger partial charge is 0.307 e. The van der Waals surface area contributed by atoms with Crippen LogP contribution < -0.4 is 5.32 Å². The van der Waals surface area contributed by atoms with Gasteiger partial charge in [0.1, 0.15) is 0 Å². The molecule has 0 spiro atoms. The smallest absolute Gasteiger partial charge is 0.0438 e. The van der Waals surface area contributed by atoms with Crippen LogP contribution in [0.2, 0.25) is 5.02 Å². The number of hydrogen-bond donors (Lipinski definition) is 1. The predicted octanol–water partition coefficient (Wildman–Crippen LogP) is 2.94. The number of nitrogens with one attached hydrogen (secondary N) is 1. The molecule has 1 saturated carbocycles. The maximum atomic E-state index is 6.03. The Labute approximate surface area is 89.5 Å². The summed E-state index contributed by atoms with van der Waals surface area (Å²) < 4.78 is 0. The molecule has 0 amide bonds. The second-order valence-corrected chi connectivity index (χ2v) is 5.02. The molecule has 2 aliphatic rings. The third-order valence-corrected chi connectivity index (χ3v) is 3.96. The van der Waals surface area contributed by atoms with Gasteiger partial charge in [0, 0.05) is 10.6 Å². The SMILES string of the molecule is Clc1cccc(C23CCC(CN2)C3)c1. The zero-order valence-corrected chi connectivity index (χ0v) is 8.85. The van der Waals surface area contributed by atoms with Gasteiger partial charge in [-0.1, -0.05) is 23.7 Å². The van der Waals surface area contributed by atoms with Crippen LogP contribution in [0.15, 0.2) is 24.3 Å². The number of benzene rings is 1. The lowest BCUT2D eigenvalue weighted by atomic mass is 9.89. The number of piperidine rings is 1. The number of halogens is 1. The Hall–Kier alpha value is -0.530. The van der Waals surface area contributed by atoms with Crippen molar-refractivity contribution in [1.82, 2.24) is 5.32 Å². The molecule has 74 valence electrons. The van der Waals surface area contributed by atoms with E-state index in [1.165, 1.54) is 31.4 Å². The monoisotopic (exact) mass is 207 g/mol. The van der Waals surface area contributed by atoms with Gasteiger partial charge in [0.05, 0.1) is 0 Å². The van der Waals surface area contributed by atoms with E-state index in [2.05, 4.69) is 23.5 Å². The zero-order valence-electron chi connectivity index (χ0n) is 8.09. The Morgan fingerprint density at radius 3 is 2.93 bits per heavy atom. The van der Waals surface area contributed by atoms with Crippen molar-refractivity contribution < 1.29 is 0 Å². The van der Waals surface area contributed by atoms with Gasteiger partial charge in [-0.3, -0.25) is 0 Å². The average Bonchev–Trinajstić information content (AvgIpc) is 2.78. The summed E-state index contributed by atoms with van der Waals surface area (Å²) in [6, 6.07) is 8.32. The fourth-order valence-electron chi connectivity index (χ4n) is 2.97. The molecule has 1 heterocycles. The van der Waals surface area contributed by atoms with Crippen molar-refractivity contribution in [3.8, 4) is 0 Å². The molecular formula is C12H14ClN. The summed E-state index contributed by atoms with van der Waals surface area (Å²) in [7, 11) is 0. The molecule has 1 nitrogen and oxygen atoms in total. The molecule has 1 aliphatic carbocycles. The van der Waals surface area contributed by atoms with Crippen molar-refractivity contribution >= 4 is 11.6 Å². The van der Waals surface area contributed by atoms with Crippen molar-refractivity contribution in [2.75, 3.05) is 6.54 Å². The average molecular weight is 208 g/mol. The first-order valence-corrected chi connectivity index (χ1v) is 5.67. The van der Waals surface area contributed by atoms with Crippen LogP contribution in [-0.4, -0.2) is 6.54 Å². The van der Waals surface area contributed by atoms with Crippen molar-refractivity contribution in [1.29, 1.82) is 0 Å². The quantitative estimate of drug-likeness (QED) is 0.747. The topological polar surface area (TPSA) is 12.0 Å². The highest BCUT2D eigenvalue weighted by Crippen LogP contribution is 2.46. The highest BCUT2D eigenvalue weighted by molar-refractivity contribution is 6.30. The molecule has 1 aromatic rings. The summed E-state index contributed by atoms with van der Waals surface area (Å²) in [5.41, 5.74) is 1.64. The van der Waals surface area contributed by atoms with Crippen molar-refractivity contribution in [2.45, 2.75) is 24.8 Å². The minimum absolute atomic E-state index is 0.259. The Kier molecular flexibility index (Phi) is 1.86. The Bertz CT molecular complexity index is 353. The third kappa shape index (κ3) is 1.19. The van der Waals surface area contributed by atoms with Gasteiger partial charge in [-0.25, -0.2) is 0 Å². The molecule has 0 radical (unpaired) electrons. The molecule has 2 bridgehead atoms. The van der Waals surface area contributed by atoms with Crippen LogP contribution in [0.25, 0.3) is 0 Å². The van der Waals surface area contributed by atoms with Crippen molar-refractivity contribution in [3.05, 3.63) is 34.9 Å². The minimum Gasteiger partial charge on any atom is -0.307 e. The highest BCUT2D eigenvalue weighted by Gasteiger charge is 2.45. The summed E-state index contributed by atoms with van der Waals surface area (Å²) >= 11 is 6.03. The zero-order chi connectivity index (χ0) is 9.60. The standard InChI is InChI=1S/C12H14ClN/c13-11-3-1-2-10(6-11)12-5-4-9(7-12)8-14-12/h1-3,6,9,14H,4-5,7-8H2. The van der Waals surface area contributed by atoms with Gasteiger partial charge in [0.15, 0.2) is 0 Å². The van der Waals surface area contributed by atoms with Crippen molar-refractivity contribution in [3.63, 3.8) is 0 Å². The summed E-state index contributed by atoms with van der Waals surface area (Å²) in [5.74, 6) is 0.897. The molecule has 2 heteroatoms.